The number of amides is 1. The number of aliphatic hydroxyl groups is 1. The summed E-state index contributed by atoms with van der Waals surface area (Å²) < 4.78 is 0. The van der Waals surface area contributed by atoms with E-state index in [1.54, 1.807) is 0 Å². The van der Waals surface area contributed by atoms with Crippen molar-refractivity contribution in [3.05, 3.63) is 24.3 Å². The summed E-state index contributed by atoms with van der Waals surface area (Å²) in [6.45, 7) is 4.03. The molecule has 1 amide bonds. The van der Waals surface area contributed by atoms with Gasteiger partial charge in [0.05, 0.1) is 0 Å². The number of benzene rings is 1. The SMILES string of the molecule is CC(Nc1cccc(NC(=O)CO)c1)C1CCN(C)CC1. The fourth-order valence-electron chi connectivity index (χ4n) is 2.80. The summed E-state index contributed by atoms with van der Waals surface area (Å²) in [7, 11) is 2.17. The van der Waals surface area contributed by atoms with Crippen molar-refractivity contribution in [2.45, 2.75) is 25.8 Å². The van der Waals surface area contributed by atoms with Gasteiger partial charge in [-0.25, -0.2) is 0 Å². The van der Waals surface area contributed by atoms with Gasteiger partial charge in [0, 0.05) is 17.4 Å². The zero-order chi connectivity index (χ0) is 15.2. The standard InChI is InChI=1S/C16H25N3O2/c1-12(13-6-8-19(2)9-7-13)17-14-4-3-5-15(10-14)18-16(21)11-20/h3-5,10,12-13,17,20H,6-9,11H2,1-2H3,(H,18,21). The lowest BCUT2D eigenvalue weighted by molar-refractivity contribution is -0.118. The molecule has 1 fully saturated rings. The van der Waals surface area contributed by atoms with E-state index in [1.165, 1.54) is 12.8 Å². The van der Waals surface area contributed by atoms with E-state index in [9.17, 15) is 4.79 Å². The summed E-state index contributed by atoms with van der Waals surface area (Å²) in [6, 6.07) is 8.02. The number of aliphatic hydroxyl groups excluding tert-OH is 1. The van der Waals surface area contributed by atoms with E-state index in [0.29, 0.717) is 17.6 Å². The first kappa shape index (κ1) is 15.8. The van der Waals surface area contributed by atoms with Gasteiger partial charge in [-0.3, -0.25) is 4.79 Å². The van der Waals surface area contributed by atoms with Crippen LogP contribution in [0.25, 0.3) is 0 Å². The Morgan fingerprint density at radius 2 is 2.05 bits per heavy atom. The lowest BCUT2D eigenvalue weighted by Gasteiger charge is -2.33. The maximum absolute atomic E-state index is 11.2. The minimum atomic E-state index is -0.496. The lowest BCUT2D eigenvalue weighted by atomic mass is 9.90. The quantitative estimate of drug-likeness (QED) is 0.773. The maximum Gasteiger partial charge on any atom is 0.250 e. The normalized spacial score (nSPS) is 18.2. The molecule has 1 atom stereocenters. The van der Waals surface area contributed by atoms with Crippen molar-refractivity contribution in [3.8, 4) is 0 Å². The summed E-state index contributed by atoms with van der Waals surface area (Å²) in [6.07, 6.45) is 2.43. The third-order valence-corrected chi connectivity index (χ3v) is 4.15. The average molecular weight is 291 g/mol. The second kappa shape index (κ2) is 7.43. The third-order valence-electron chi connectivity index (χ3n) is 4.15. The van der Waals surface area contributed by atoms with Crippen molar-refractivity contribution >= 4 is 17.3 Å². The Labute approximate surface area is 126 Å². The molecule has 116 valence electrons. The summed E-state index contributed by atoms with van der Waals surface area (Å²) in [5, 5.41) is 15.0. The average Bonchev–Trinajstić information content (AvgIpc) is 2.48. The van der Waals surface area contributed by atoms with Gasteiger partial charge in [0.1, 0.15) is 6.61 Å². The number of rotatable bonds is 5. The molecule has 5 heteroatoms. The van der Waals surface area contributed by atoms with Crippen molar-refractivity contribution in [1.29, 1.82) is 0 Å². The molecule has 1 unspecified atom stereocenters. The van der Waals surface area contributed by atoms with E-state index in [1.807, 2.05) is 24.3 Å². The number of anilines is 2. The zero-order valence-electron chi connectivity index (χ0n) is 12.8. The number of nitrogens with one attached hydrogen (secondary N) is 2. The Hall–Kier alpha value is -1.59. The molecule has 1 heterocycles. The van der Waals surface area contributed by atoms with Crippen molar-refractivity contribution in [1.82, 2.24) is 4.90 Å². The number of likely N-dealkylation sites (tertiary alicyclic amines) is 1. The van der Waals surface area contributed by atoms with Gasteiger partial charge in [0.2, 0.25) is 5.91 Å². The minimum Gasteiger partial charge on any atom is -0.387 e. The number of piperidine rings is 1. The molecule has 1 aliphatic heterocycles. The topological polar surface area (TPSA) is 64.6 Å². The van der Waals surface area contributed by atoms with E-state index in [0.717, 1.165) is 18.8 Å². The van der Waals surface area contributed by atoms with Crippen molar-refractivity contribution in [2.24, 2.45) is 5.92 Å². The van der Waals surface area contributed by atoms with Crippen LogP contribution >= 0.6 is 0 Å². The molecule has 21 heavy (non-hydrogen) atoms. The summed E-state index contributed by atoms with van der Waals surface area (Å²) in [4.78, 5) is 13.6. The highest BCUT2D eigenvalue weighted by Gasteiger charge is 2.22. The van der Waals surface area contributed by atoms with E-state index in [4.69, 9.17) is 5.11 Å². The Morgan fingerprint density at radius 1 is 1.38 bits per heavy atom. The van der Waals surface area contributed by atoms with Crippen LogP contribution in [0.5, 0.6) is 0 Å². The van der Waals surface area contributed by atoms with Crippen LogP contribution in [0, 0.1) is 5.92 Å². The van der Waals surface area contributed by atoms with E-state index in [-0.39, 0.29) is 0 Å². The molecule has 1 saturated heterocycles. The molecule has 5 nitrogen and oxygen atoms in total. The summed E-state index contributed by atoms with van der Waals surface area (Å²) in [5.41, 5.74) is 1.70. The van der Waals surface area contributed by atoms with Crippen LogP contribution in [0.3, 0.4) is 0 Å². The Balaban J connectivity index is 1.92. The van der Waals surface area contributed by atoms with Gasteiger partial charge in [-0.1, -0.05) is 6.07 Å². The van der Waals surface area contributed by atoms with Crippen molar-refractivity contribution in [3.63, 3.8) is 0 Å². The first-order valence-electron chi connectivity index (χ1n) is 7.54. The number of nitrogens with zero attached hydrogens (tertiary/aromatic N) is 1. The van der Waals surface area contributed by atoms with Crippen molar-refractivity contribution < 1.29 is 9.90 Å². The minimum absolute atomic E-state index is 0.393. The molecule has 0 aromatic heterocycles. The van der Waals surface area contributed by atoms with Crippen LogP contribution in [0.15, 0.2) is 24.3 Å². The molecule has 0 spiro atoms. The largest absolute Gasteiger partial charge is 0.387 e. The molecule has 1 aliphatic rings. The Bertz CT molecular complexity index is 470. The number of hydrogen-bond acceptors (Lipinski definition) is 4. The van der Waals surface area contributed by atoms with Crippen LogP contribution in [0.1, 0.15) is 19.8 Å². The molecule has 2 rings (SSSR count). The van der Waals surface area contributed by atoms with E-state index in [2.05, 4.69) is 29.5 Å². The van der Waals surface area contributed by atoms with Gasteiger partial charge in [-0.15, -0.1) is 0 Å². The molecular formula is C16H25N3O2. The third kappa shape index (κ3) is 4.72. The molecular weight excluding hydrogens is 266 g/mol. The predicted octanol–water partition coefficient (Wildman–Crippen LogP) is 1.76. The number of carbonyl (C=O) groups is 1. The van der Waals surface area contributed by atoms with Crippen LogP contribution in [-0.4, -0.2) is 48.7 Å². The van der Waals surface area contributed by atoms with Crippen LogP contribution in [0.4, 0.5) is 11.4 Å². The van der Waals surface area contributed by atoms with Gasteiger partial charge in [0.15, 0.2) is 0 Å². The smallest absolute Gasteiger partial charge is 0.250 e. The molecule has 0 saturated carbocycles. The van der Waals surface area contributed by atoms with Crippen LogP contribution in [-0.2, 0) is 4.79 Å². The van der Waals surface area contributed by atoms with Crippen LogP contribution < -0.4 is 10.6 Å². The Kier molecular flexibility index (Phi) is 5.59. The molecule has 0 bridgehead atoms. The van der Waals surface area contributed by atoms with Gasteiger partial charge < -0.3 is 20.6 Å². The highest BCUT2D eigenvalue weighted by atomic mass is 16.3. The fraction of sp³-hybridized carbons (Fsp3) is 0.562. The fourth-order valence-corrected chi connectivity index (χ4v) is 2.80. The monoisotopic (exact) mass is 291 g/mol. The molecule has 3 N–H and O–H groups in total. The van der Waals surface area contributed by atoms with Gasteiger partial charge in [0.25, 0.3) is 0 Å². The second-order valence-electron chi connectivity index (χ2n) is 5.86. The van der Waals surface area contributed by atoms with Gasteiger partial charge in [-0.05, 0) is 64.0 Å². The molecule has 1 aromatic rings. The van der Waals surface area contributed by atoms with Gasteiger partial charge >= 0.3 is 0 Å². The lowest BCUT2D eigenvalue weighted by Crippen LogP contribution is -2.37. The van der Waals surface area contributed by atoms with Crippen LogP contribution in [0.2, 0.25) is 0 Å². The second-order valence-corrected chi connectivity index (χ2v) is 5.86. The van der Waals surface area contributed by atoms with Crippen molar-refractivity contribution in [2.75, 3.05) is 37.4 Å². The first-order valence-corrected chi connectivity index (χ1v) is 7.54. The first-order chi connectivity index (χ1) is 10.1. The number of hydrogen-bond donors (Lipinski definition) is 3. The predicted molar refractivity (Wildman–Crippen MR) is 85.5 cm³/mol. The molecule has 0 radical (unpaired) electrons. The zero-order valence-corrected chi connectivity index (χ0v) is 12.8. The summed E-state index contributed by atoms with van der Waals surface area (Å²) in [5.74, 6) is 0.285. The molecule has 1 aromatic carbocycles. The maximum atomic E-state index is 11.2. The number of carbonyl (C=O) groups excluding carboxylic acids is 1. The van der Waals surface area contributed by atoms with Gasteiger partial charge in [-0.2, -0.15) is 0 Å². The highest BCUT2D eigenvalue weighted by Crippen LogP contribution is 2.23. The Morgan fingerprint density at radius 3 is 2.71 bits per heavy atom. The van der Waals surface area contributed by atoms with E-state index >= 15 is 0 Å². The molecule has 0 aliphatic carbocycles. The van der Waals surface area contributed by atoms with E-state index < -0.39 is 12.5 Å². The summed E-state index contributed by atoms with van der Waals surface area (Å²) >= 11 is 0. The highest BCUT2D eigenvalue weighted by molar-refractivity contribution is 5.91.